The summed E-state index contributed by atoms with van der Waals surface area (Å²) in [5.74, 6) is 0. The monoisotopic (exact) mass is 388 g/mol. The first kappa shape index (κ1) is 15.9. The van der Waals surface area contributed by atoms with Crippen molar-refractivity contribution in [2.45, 2.75) is 6.42 Å². The van der Waals surface area contributed by atoms with E-state index in [1.165, 1.54) is 11.1 Å². The molecule has 25 heavy (non-hydrogen) atoms. The first-order valence-electron chi connectivity index (χ1n) is 8.23. The third-order valence-corrected chi connectivity index (χ3v) is 4.69. The van der Waals surface area contributed by atoms with E-state index in [1.807, 2.05) is 28.9 Å². The highest BCUT2D eigenvalue weighted by Crippen LogP contribution is 2.27. The summed E-state index contributed by atoms with van der Waals surface area (Å²) in [6, 6.07) is 29.1. The van der Waals surface area contributed by atoms with E-state index < -0.39 is 0 Å². The highest BCUT2D eigenvalue weighted by Gasteiger charge is 2.13. The number of nitrogens with zero attached hydrogens (tertiary/aromatic N) is 2. The normalized spacial score (nSPS) is 10.8. The Kier molecular flexibility index (Phi) is 4.49. The van der Waals surface area contributed by atoms with Gasteiger partial charge in [0.2, 0.25) is 0 Å². The van der Waals surface area contributed by atoms with Gasteiger partial charge in [-0.15, -0.1) is 0 Å². The maximum absolute atomic E-state index is 4.88. The molecule has 0 saturated heterocycles. The molecule has 0 amide bonds. The lowest BCUT2D eigenvalue weighted by molar-refractivity contribution is 0.883. The summed E-state index contributed by atoms with van der Waals surface area (Å²) in [5.41, 5.74) is 5.73. The minimum atomic E-state index is 0.860. The van der Waals surface area contributed by atoms with Crippen LogP contribution in [0.4, 0.5) is 0 Å². The number of hydrogen-bond donors (Lipinski definition) is 0. The molecule has 122 valence electrons. The maximum Gasteiger partial charge on any atom is 0.0962 e. The van der Waals surface area contributed by atoms with Crippen LogP contribution in [0.5, 0.6) is 0 Å². The predicted octanol–water partition coefficient (Wildman–Crippen LogP) is 5.89. The van der Waals surface area contributed by atoms with Crippen LogP contribution >= 0.6 is 15.9 Å². The summed E-state index contributed by atoms with van der Waals surface area (Å²) >= 11 is 3.51. The Morgan fingerprint density at radius 2 is 1.40 bits per heavy atom. The van der Waals surface area contributed by atoms with Crippen molar-refractivity contribution in [1.82, 2.24) is 9.78 Å². The number of para-hydroxylation sites is 1. The van der Waals surface area contributed by atoms with Crippen LogP contribution in [-0.4, -0.2) is 9.78 Å². The van der Waals surface area contributed by atoms with Gasteiger partial charge in [-0.2, -0.15) is 5.10 Å². The van der Waals surface area contributed by atoms with E-state index in [9.17, 15) is 0 Å². The summed E-state index contributed by atoms with van der Waals surface area (Å²) < 4.78 is 3.04. The van der Waals surface area contributed by atoms with Gasteiger partial charge in [0, 0.05) is 28.2 Å². The molecule has 0 saturated carbocycles. The lowest BCUT2D eigenvalue weighted by atomic mass is 10.0. The minimum absolute atomic E-state index is 0.860. The summed E-state index contributed by atoms with van der Waals surface area (Å²) in [4.78, 5) is 0. The van der Waals surface area contributed by atoms with Crippen LogP contribution in [0.1, 0.15) is 11.1 Å². The smallest absolute Gasteiger partial charge is 0.0962 e. The number of rotatable bonds is 4. The highest BCUT2D eigenvalue weighted by atomic mass is 79.9. The van der Waals surface area contributed by atoms with E-state index in [-0.39, 0.29) is 0 Å². The fourth-order valence-corrected chi connectivity index (χ4v) is 3.18. The van der Waals surface area contributed by atoms with Gasteiger partial charge < -0.3 is 0 Å². The van der Waals surface area contributed by atoms with Crippen molar-refractivity contribution in [1.29, 1.82) is 0 Å². The van der Waals surface area contributed by atoms with E-state index in [2.05, 4.69) is 82.8 Å². The van der Waals surface area contributed by atoms with Crippen molar-refractivity contribution in [3.05, 3.63) is 107 Å². The zero-order chi connectivity index (χ0) is 17.1. The molecule has 0 aliphatic heterocycles. The molecule has 4 rings (SSSR count). The van der Waals surface area contributed by atoms with Crippen LogP contribution in [-0.2, 0) is 6.42 Å². The molecule has 2 nitrogen and oxygen atoms in total. The zero-order valence-electron chi connectivity index (χ0n) is 13.6. The van der Waals surface area contributed by atoms with Crippen LogP contribution in [0.15, 0.2) is 95.6 Å². The average molecular weight is 389 g/mol. The van der Waals surface area contributed by atoms with Crippen molar-refractivity contribution >= 4 is 15.9 Å². The minimum Gasteiger partial charge on any atom is -0.240 e. The molecule has 1 heterocycles. The predicted molar refractivity (Wildman–Crippen MR) is 106 cm³/mol. The molecule has 4 aromatic rings. The zero-order valence-corrected chi connectivity index (χ0v) is 15.2. The summed E-state index contributed by atoms with van der Waals surface area (Å²) in [5, 5.41) is 4.88. The molecule has 0 aliphatic carbocycles. The second-order valence-corrected chi connectivity index (χ2v) is 6.87. The van der Waals surface area contributed by atoms with Crippen molar-refractivity contribution in [2.24, 2.45) is 0 Å². The third kappa shape index (κ3) is 3.57. The average Bonchev–Trinajstić information content (AvgIpc) is 3.08. The maximum atomic E-state index is 4.88. The van der Waals surface area contributed by atoms with Crippen molar-refractivity contribution in [3.8, 4) is 16.9 Å². The molecule has 0 bridgehead atoms. The van der Waals surface area contributed by atoms with E-state index in [4.69, 9.17) is 5.10 Å². The Morgan fingerprint density at radius 3 is 2.08 bits per heavy atom. The van der Waals surface area contributed by atoms with E-state index >= 15 is 0 Å². The number of benzene rings is 3. The van der Waals surface area contributed by atoms with Crippen molar-refractivity contribution in [3.63, 3.8) is 0 Å². The molecule has 0 aliphatic rings. The molecule has 1 aromatic heterocycles. The van der Waals surface area contributed by atoms with Gasteiger partial charge in [-0.1, -0.05) is 76.6 Å². The van der Waals surface area contributed by atoms with Gasteiger partial charge in [0.25, 0.3) is 0 Å². The fraction of sp³-hybridized carbons (Fsp3) is 0.0455. The fourth-order valence-electron chi connectivity index (χ4n) is 2.92. The molecule has 3 aromatic carbocycles. The largest absolute Gasteiger partial charge is 0.240 e. The Balaban J connectivity index is 1.80. The molecule has 3 heteroatoms. The molecule has 0 N–H and O–H groups in total. The standard InChI is InChI=1S/C22H17BrN2/c23-20-13-11-18(12-14-20)22-19(15-17-7-3-1-4-8-17)16-25(24-22)21-9-5-2-6-10-21/h1-14,16H,15H2. The third-order valence-electron chi connectivity index (χ3n) is 4.17. The summed E-state index contributed by atoms with van der Waals surface area (Å²) in [6.07, 6.45) is 3.00. The van der Waals surface area contributed by atoms with E-state index in [0.717, 1.165) is 27.8 Å². The lowest BCUT2D eigenvalue weighted by Gasteiger charge is -2.03. The van der Waals surface area contributed by atoms with Gasteiger partial charge >= 0.3 is 0 Å². The van der Waals surface area contributed by atoms with E-state index in [1.54, 1.807) is 0 Å². The molecule has 0 unspecified atom stereocenters. The summed E-state index contributed by atoms with van der Waals surface area (Å²) in [6.45, 7) is 0. The second kappa shape index (κ2) is 7.08. The SMILES string of the molecule is Brc1ccc(-c2nn(-c3ccccc3)cc2Cc2ccccc2)cc1. The van der Waals surface area contributed by atoms with Gasteiger partial charge in [0.1, 0.15) is 0 Å². The lowest BCUT2D eigenvalue weighted by Crippen LogP contribution is -1.93. The van der Waals surface area contributed by atoms with Gasteiger partial charge in [0.05, 0.1) is 11.4 Å². The topological polar surface area (TPSA) is 17.8 Å². The van der Waals surface area contributed by atoms with Crippen LogP contribution < -0.4 is 0 Å². The van der Waals surface area contributed by atoms with Crippen LogP contribution in [0.3, 0.4) is 0 Å². The molecule has 0 radical (unpaired) electrons. The van der Waals surface area contributed by atoms with Crippen LogP contribution in [0.2, 0.25) is 0 Å². The molecular weight excluding hydrogens is 372 g/mol. The second-order valence-electron chi connectivity index (χ2n) is 5.95. The van der Waals surface area contributed by atoms with Gasteiger partial charge in [-0.25, -0.2) is 4.68 Å². The summed E-state index contributed by atoms with van der Waals surface area (Å²) in [7, 11) is 0. The quantitative estimate of drug-likeness (QED) is 0.425. The number of hydrogen-bond acceptors (Lipinski definition) is 1. The van der Waals surface area contributed by atoms with Crippen molar-refractivity contribution < 1.29 is 0 Å². The van der Waals surface area contributed by atoms with Gasteiger partial charge in [-0.3, -0.25) is 0 Å². The van der Waals surface area contributed by atoms with Crippen LogP contribution in [0.25, 0.3) is 16.9 Å². The first-order valence-corrected chi connectivity index (χ1v) is 9.03. The Labute approximate surface area is 155 Å². The molecule has 0 fully saturated rings. The van der Waals surface area contributed by atoms with Gasteiger partial charge in [0.15, 0.2) is 0 Å². The molecule has 0 spiro atoms. The number of aromatic nitrogens is 2. The number of halogens is 1. The Morgan fingerprint density at radius 1 is 0.760 bits per heavy atom. The van der Waals surface area contributed by atoms with Crippen LogP contribution in [0, 0.1) is 0 Å². The Hall–Kier alpha value is -2.65. The molecular formula is C22H17BrN2. The van der Waals surface area contributed by atoms with Crippen molar-refractivity contribution in [2.75, 3.05) is 0 Å². The Bertz CT molecular complexity index is 958. The molecule has 0 atom stereocenters. The van der Waals surface area contributed by atoms with Gasteiger partial charge in [-0.05, 0) is 29.8 Å². The van der Waals surface area contributed by atoms with E-state index in [0.29, 0.717) is 0 Å². The first-order chi connectivity index (χ1) is 12.3. The highest BCUT2D eigenvalue weighted by molar-refractivity contribution is 9.10.